The van der Waals surface area contributed by atoms with Gasteiger partial charge in [-0.2, -0.15) is 0 Å². The Kier molecular flexibility index (Phi) is 6.29. The van der Waals surface area contributed by atoms with E-state index in [9.17, 15) is 4.79 Å². The van der Waals surface area contributed by atoms with E-state index in [1.165, 1.54) is 0 Å². The fourth-order valence-corrected chi connectivity index (χ4v) is 2.24. The van der Waals surface area contributed by atoms with Crippen LogP contribution in [0, 0.1) is 0 Å². The molecule has 5 heteroatoms. The third-order valence-electron chi connectivity index (χ3n) is 3.24. The van der Waals surface area contributed by atoms with E-state index in [0.717, 1.165) is 11.3 Å². The second-order valence-corrected chi connectivity index (χ2v) is 5.36. The monoisotopic (exact) mass is 333 g/mol. The maximum Gasteiger partial charge on any atom is 0.261 e. The number of para-hydroxylation sites is 2. The SMILES string of the molecule is CCOc1ccccc1CNC(=O)C(C)Oc1ccccc1Cl. The van der Waals surface area contributed by atoms with E-state index < -0.39 is 6.10 Å². The summed E-state index contributed by atoms with van der Waals surface area (Å²) in [4.78, 5) is 12.2. The Morgan fingerprint density at radius 1 is 1.13 bits per heavy atom. The number of carbonyl (C=O) groups is 1. The number of halogens is 1. The van der Waals surface area contributed by atoms with E-state index >= 15 is 0 Å². The number of benzene rings is 2. The van der Waals surface area contributed by atoms with Gasteiger partial charge in [-0.3, -0.25) is 4.79 Å². The minimum absolute atomic E-state index is 0.212. The highest BCUT2D eigenvalue weighted by Crippen LogP contribution is 2.24. The van der Waals surface area contributed by atoms with Gasteiger partial charge in [-0.15, -0.1) is 0 Å². The van der Waals surface area contributed by atoms with Crippen molar-refractivity contribution in [3.05, 3.63) is 59.1 Å². The van der Waals surface area contributed by atoms with Crippen LogP contribution in [0.25, 0.3) is 0 Å². The summed E-state index contributed by atoms with van der Waals surface area (Å²) in [5, 5.41) is 3.33. The summed E-state index contributed by atoms with van der Waals surface area (Å²) in [6.07, 6.45) is -0.644. The highest BCUT2D eigenvalue weighted by atomic mass is 35.5. The van der Waals surface area contributed by atoms with Gasteiger partial charge < -0.3 is 14.8 Å². The predicted octanol–water partition coefficient (Wildman–Crippen LogP) is 3.82. The van der Waals surface area contributed by atoms with Crippen molar-refractivity contribution in [2.75, 3.05) is 6.61 Å². The molecule has 1 N–H and O–H groups in total. The Morgan fingerprint density at radius 3 is 2.48 bits per heavy atom. The number of carbonyl (C=O) groups excluding carboxylic acids is 1. The highest BCUT2D eigenvalue weighted by molar-refractivity contribution is 6.32. The zero-order valence-electron chi connectivity index (χ0n) is 13.2. The normalized spacial score (nSPS) is 11.6. The van der Waals surface area contributed by atoms with Crippen LogP contribution in [-0.2, 0) is 11.3 Å². The Balaban J connectivity index is 1.93. The van der Waals surface area contributed by atoms with Gasteiger partial charge in [0.25, 0.3) is 5.91 Å². The summed E-state index contributed by atoms with van der Waals surface area (Å²) in [7, 11) is 0. The van der Waals surface area contributed by atoms with Gasteiger partial charge in [0, 0.05) is 12.1 Å². The van der Waals surface area contributed by atoms with E-state index in [2.05, 4.69) is 5.32 Å². The smallest absolute Gasteiger partial charge is 0.261 e. The number of amides is 1. The van der Waals surface area contributed by atoms with Crippen LogP contribution in [0.3, 0.4) is 0 Å². The third-order valence-corrected chi connectivity index (χ3v) is 3.55. The van der Waals surface area contributed by atoms with Crippen LogP contribution in [0.15, 0.2) is 48.5 Å². The fraction of sp³-hybridized carbons (Fsp3) is 0.278. The topological polar surface area (TPSA) is 47.6 Å². The number of hydrogen-bond donors (Lipinski definition) is 1. The standard InChI is InChI=1S/C18H20ClNO3/c1-3-22-16-10-6-4-8-14(16)12-20-18(21)13(2)23-17-11-7-5-9-15(17)19/h4-11,13H,3,12H2,1-2H3,(H,20,21). The van der Waals surface area contributed by atoms with Gasteiger partial charge in [-0.1, -0.05) is 41.9 Å². The zero-order valence-corrected chi connectivity index (χ0v) is 14.0. The third kappa shape index (κ3) is 4.89. The molecule has 0 aliphatic rings. The van der Waals surface area contributed by atoms with Crippen LogP contribution < -0.4 is 14.8 Å². The van der Waals surface area contributed by atoms with Crippen molar-refractivity contribution in [2.45, 2.75) is 26.5 Å². The molecule has 2 rings (SSSR count). The highest BCUT2D eigenvalue weighted by Gasteiger charge is 2.16. The molecule has 1 unspecified atom stereocenters. The maximum absolute atomic E-state index is 12.2. The van der Waals surface area contributed by atoms with E-state index in [4.69, 9.17) is 21.1 Å². The van der Waals surface area contributed by atoms with Gasteiger partial charge in [0.05, 0.1) is 11.6 Å². The van der Waals surface area contributed by atoms with Crippen molar-refractivity contribution in [3.8, 4) is 11.5 Å². The lowest BCUT2D eigenvalue weighted by molar-refractivity contribution is -0.127. The van der Waals surface area contributed by atoms with Gasteiger partial charge in [-0.05, 0) is 32.0 Å². The molecule has 0 aliphatic heterocycles. The van der Waals surface area contributed by atoms with Crippen LogP contribution in [0.5, 0.6) is 11.5 Å². The average molecular weight is 334 g/mol. The predicted molar refractivity (Wildman–Crippen MR) is 91.0 cm³/mol. The summed E-state index contributed by atoms with van der Waals surface area (Å²) >= 11 is 6.03. The fourth-order valence-electron chi connectivity index (χ4n) is 2.06. The second kappa shape index (κ2) is 8.44. The molecule has 0 saturated carbocycles. The molecule has 0 bridgehead atoms. The molecule has 2 aromatic rings. The number of ether oxygens (including phenoxy) is 2. The molecule has 0 aromatic heterocycles. The van der Waals surface area contributed by atoms with Crippen LogP contribution in [-0.4, -0.2) is 18.6 Å². The van der Waals surface area contributed by atoms with Gasteiger partial charge in [0.15, 0.2) is 6.10 Å². The van der Waals surface area contributed by atoms with E-state index in [0.29, 0.717) is 23.9 Å². The molecule has 23 heavy (non-hydrogen) atoms. The van der Waals surface area contributed by atoms with Gasteiger partial charge >= 0.3 is 0 Å². The first kappa shape index (κ1) is 17.2. The van der Waals surface area contributed by atoms with Crippen LogP contribution >= 0.6 is 11.6 Å². The average Bonchev–Trinajstić information content (AvgIpc) is 2.56. The molecule has 0 fully saturated rings. The summed E-state index contributed by atoms with van der Waals surface area (Å²) in [6.45, 7) is 4.57. The molecule has 0 saturated heterocycles. The minimum atomic E-state index is -0.644. The molecule has 122 valence electrons. The zero-order chi connectivity index (χ0) is 16.7. The summed E-state index contributed by atoms with van der Waals surface area (Å²) in [5.41, 5.74) is 0.924. The van der Waals surface area contributed by atoms with Gasteiger partial charge in [0.2, 0.25) is 0 Å². The molecular weight excluding hydrogens is 314 g/mol. The van der Waals surface area contributed by atoms with Crippen molar-refractivity contribution >= 4 is 17.5 Å². The first-order valence-corrected chi connectivity index (χ1v) is 7.89. The lowest BCUT2D eigenvalue weighted by Crippen LogP contribution is -2.36. The Bertz CT molecular complexity index is 660. The molecular formula is C18H20ClNO3. The first-order chi connectivity index (χ1) is 11.1. The van der Waals surface area contributed by atoms with E-state index in [1.54, 1.807) is 19.1 Å². The summed E-state index contributed by atoms with van der Waals surface area (Å²) < 4.78 is 11.1. The Morgan fingerprint density at radius 2 is 1.78 bits per heavy atom. The molecule has 2 aromatic carbocycles. The van der Waals surface area contributed by atoms with Crippen molar-refractivity contribution < 1.29 is 14.3 Å². The molecule has 0 radical (unpaired) electrons. The van der Waals surface area contributed by atoms with Crippen molar-refractivity contribution in [1.82, 2.24) is 5.32 Å². The Labute approximate surface area is 141 Å². The number of rotatable bonds is 7. The lowest BCUT2D eigenvalue weighted by atomic mass is 10.2. The van der Waals surface area contributed by atoms with E-state index in [-0.39, 0.29) is 5.91 Å². The molecule has 1 atom stereocenters. The second-order valence-electron chi connectivity index (χ2n) is 4.95. The van der Waals surface area contributed by atoms with E-state index in [1.807, 2.05) is 43.3 Å². The summed E-state index contributed by atoms with van der Waals surface area (Å²) in [6, 6.07) is 14.7. The molecule has 0 heterocycles. The van der Waals surface area contributed by atoms with Crippen LogP contribution in [0.4, 0.5) is 0 Å². The van der Waals surface area contributed by atoms with Crippen molar-refractivity contribution in [1.29, 1.82) is 0 Å². The molecule has 4 nitrogen and oxygen atoms in total. The van der Waals surface area contributed by atoms with Crippen molar-refractivity contribution in [2.24, 2.45) is 0 Å². The van der Waals surface area contributed by atoms with Crippen molar-refractivity contribution in [3.63, 3.8) is 0 Å². The quantitative estimate of drug-likeness (QED) is 0.837. The van der Waals surface area contributed by atoms with Gasteiger partial charge in [0.1, 0.15) is 11.5 Å². The first-order valence-electron chi connectivity index (χ1n) is 7.51. The largest absolute Gasteiger partial charge is 0.494 e. The molecule has 0 spiro atoms. The number of hydrogen-bond acceptors (Lipinski definition) is 3. The maximum atomic E-state index is 12.2. The molecule has 0 aliphatic carbocycles. The molecule has 1 amide bonds. The summed E-state index contributed by atoms with van der Waals surface area (Å²) in [5.74, 6) is 1.05. The van der Waals surface area contributed by atoms with Gasteiger partial charge in [-0.25, -0.2) is 0 Å². The Hall–Kier alpha value is -2.20. The minimum Gasteiger partial charge on any atom is -0.494 e. The van der Waals surface area contributed by atoms with Crippen LogP contribution in [0.2, 0.25) is 5.02 Å². The lowest BCUT2D eigenvalue weighted by Gasteiger charge is -2.16. The van der Waals surface area contributed by atoms with Crippen LogP contribution in [0.1, 0.15) is 19.4 Å². The number of nitrogens with one attached hydrogen (secondary N) is 1.